The Morgan fingerprint density at radius 3 is 2.57 bits per heavy atom. The van der Waals surface area contributed by atoms with Crippen LogP contribution in [0, 0.1) is 17.3 Å². The standard InChI is InChI=1S/C49H61N5O7/c1-7-30-22-31-25-48(45(57)60-6,40-34(16-20-53(26-30)27-31)33-12-9-10-13-37(33)51-40)36-23-35-38(24-39(36)59-5)52(4)43-47(35)18-21-54-19-11-17-46(8-2,42(47)54)44(61-29(3)55)49(43,58)28-50-41(56)32-14-15-32/h9-13,17,22-24,31-32,42-44,51,58H,7-8,14-16,18-21,25-28H2,1-6H3,(H,50,56)/t31-,42?,43+,44+,46+,47+,48-,49?/m0/s1. The van der Waals surface area contributed by atoms with Crippen LogP contribution in [0.25, 0.3) is 10.9 Å². The first-order valence-corrected chi connectivity index (χ1v) is 22.5. The van der Waals surface area contributed by atoms with Crippen molar-refractivity contribution in [1.82, 2.24) is 20.1 Å². The van der Waals surface area contributed by atoms with Gasteiger partial charge in [0.1, 0.15) is 22.9 Å². The van der Waals surface area contributed by atoms with Crippen LogP contribution in [0.1, 0.15) is 81.7 Å². The number of rotatable bonds is 9. The maximum Gasteiger partial charge on any atom is 0.322 e. The number of para-hydroxylation sites is 1. The molecule has 12 nitrogen and oxygen atoms in total. The Balaban J connectivity index is 1.25. The number of amides is 1. The molecule has 3 fully saturated rings. The van der Waals surface area contributed by atoms with Crippen molar-refractivity contribution < 1.29 is 33.7 Å². The smallest absolute Gasteiger partial charge is 0.322 e. The third kappa shape index (κ3) is 5.63. The van der Waals surface area contributed by atoms with Crippen molar-refractivity contribution in [2.45, 2.75) is 100 Å². The van der Waals surface area contributed by atoms with Gasteiger partial charge in [0.2, 0.25) is 5.91 Å². The number of carbonyl (C=O) groups excluding carboxylic acids is 3. The number of fused-ring (bicyclic) bond motifs is 6. The van der Waals surface area contributed by atoms with Gasteiger partial charge in [-0.1, -0.05) is 55.8 Å². The van der Waals surface area contributed by atoms with Crippen LogP contribution in [-0.2, 0) is 41.1 Å². The van der Waals surface area contributed by atoms with E-state index in [-0.39, 0.29) is 36.3 Å². The molecule has 12 heteroatoms. The van der Waals surface area contributed by atoms with Crippen molar-refractivity contribution in [1.29, 1.82) is 0 Å². The van der Waals surface area contributed by atoms with Gasteiger partial charge in [-0.15, -0.1) is 0 Å². The molecular formula is C49H61N5O7. The van der Waals surface area contributed by atoms with Gasteiger partial charge in [0.15, 0.2) is 0 Å². The summed E-state index contributed by atoms with van der Waals surface area (Å²) < 4.78 is 18.9. The molecule has 1 amide bonds. The Morgan fingerprint density at radius 2 is 1.85 bits per heavy atom. The molecule has 6 heterocycles. The van der Waals surface area contributed by atoms with Crippen LogP contribution >= 0.6 is 0 Å². The van der Waals surface area contributed by atoms with Crippen LogP contribution in [0.5, 0.6) is 5.75 Å². The second-order valence-corrected chi connectivity index (χ2v) is 19.2. The van der Waals surface area contributed by atoms with E-state index in [1.54, 1.807) is 7.11 Å². The van der Waals surface area contributed by atoms with E-state index >= 15 is 4.79 Å². The molecule has 9 atom stereocenters. The zero-order valence-corrected chi connectivity index (χ0v) is 36.5. The van der Waals surface area contributed by atoms with Crippen LogP contribution in [0.3, 0.4) is 0 Å². The summed E-state index contributed by atoms with van der Waals surface area (Å²) in [6, 6.07) is 11.8. The van der Waals surface area contributed by atoms with Gasteiger partial charge in [0, 0.05) is 96.9 Å². The summed E-state index contributed by atoms with van der Waals surface area (Å²) in [6.45, 7) is 9.74. The fourth-order valence-electron chi connectivity index (χ4n) is 13.7. The lowest BCUT2D eigenvalue weighted by Gasteiger charge is -2.64. The third-order valence-electron chi connectivity index (χ3n) is 16.1. The molecule has 2 bridgehead atoms. The fraction of sp³-hybridized carbons (Fsp3) is 0.571. The van der Waals surface area contributed by atoms with Gasteiger partial charge >= 0.3 is 11.9 Å². The number of nitrogens with one attached hydrogen (secondary N) is 2. The molecule has 1 aromatic heterocycles. The van der Waals surface area contributed by atoms with E-state index in [0.717, 1.165) is 97.4 Å². The molecule has 3 N–H and O–H groups in total. The van der Waals surface area contributed by atoms with Crippen molar-refractivity contribution in [3.05, 3.63) is 82.6 Å². The van der Waals surface area contributed by atoms with E-state index in [1.807, 2.05) is 13.1 Å². The predicted molar refractivity (Wildman–Crippen MR) is 233 cm³/mol. The molecule has 1 saturated heterocycles. The number of hydrogen-bond acceptors (Lipinski definition) is 10. The normalized spacial score (nSPS) is 34.8. The molecule has 10 rings (SSSR count). The van der Waals surface area contributed by atoms with Gasteiger partial charge in [-0.05, 0) is 80.7 Å². The molecule has 3 aromatic rings. The first-order valence-electron chi connectivity index (χ1n) is 22.5. The van der Waals surface area contributed by atoms with Gasteiger partial charge in [-0.2, -0.15) is 0 Å². The lowest BCUT2D eigenvalue weighted by atomic mass is 9.47. The molecular weight excluding hydrogens is 771 g/mol. The molecule has 1 spiro atoms. The largest absolute Gasteiger partial charge is 0.496 e. The Hall–Kier alpha value is -4.65. The number of anilines is 1. The Morgan fingerprint density at radius 1 is 1.05 bits per heavy atom. The highest BCUT2D eigenvalue weighted by Gasteiger charge is 2.78. The average Bonchev–Trinajstić information content (AvgIpc) is 3.88. The number of esters is 2. The number of benzene rings is 2. The van der Waals surface area contributed by atoms with Gasteiger partial charge < -0.3 is 34.5 Å². The van der Waals surface area contributed by atoms with Gasteiger partial charge in [-0.3, -0.25) is 24.2 Å². The van der Waals surface area contributed by atoms with Gasteiger partial charge in [0.05, 0.1) is 26.8 Å². The first-order chi connectivity index (χ1) is 29.4. The van der Waals surface area contributed by atoms with E-state index in [2.05, 4.69) is 87.4 Å². The number of H-pyrrole nitrogens is 1. The minimum absolute atomic E-state index is 0.0456. The molecule has 7 aliphatic rings. The zero-order valence-electron chi connectivity index (χ0n) is 36.5. The number of aromatic amines is 1. The minimum Gasteiger partial charge on any atom is -0.496 e. The number of nitrogens with zero attached hydrogens (tertiary/aromatic N) is 3. The summed E-state index contributed by atoms with van der Waals surface area (Å²) in [6.07, 6.45) is 10.9. The molecule has 2 aromatic carbocycles. The van der Waals surface area contributed by atoms with Crippen molar-refractivity contribution in [3.63, 3.8) is 0 Å². The lowest BCUT2D eigenvalue weighted by molar-refractivity contribution is -0.217. The topological polar surface area (TPSA) is 137 Å². The van der Waals surface area contributed by atoms with Gasteiger partial charge in [-0.25, -0.2) is 0 Å². The molecule has 2 aliphatic carbocycles. The maximum absolute atomic E-state index is 15.4. The summed E-state index contributed by atoms with van der Waals surface area (Å²) >= 11 is 0. The van der Waals surface area contributed by atoms with E-state index in [4.69, 9.17) is 14.2 Å². The highest BCUT2D eigenvalue weighted by atomic mass is 16.6. The molecule has 3 unspecified atom stereocenters. The van der Waals surface area contributed by atoms with Gasteiger partial charge in [0.25, 0.3) is 0 Å². The van der Waals surface area contributed by atoms with Crippen molar-refractivity contribution in [2.75, 3.05) is 65.4 Å². The minimum atomic E-state index is -1.71. The van der Waals surface area contributed by atoms with Crippen LogP contribution in [-0.4, -0.2) is 122 Å². The average molecular weight is 832 g/mol. The third-order valence-corrected chi connectivity index (χ3v) is 16.1. The number of carbonyl (C=O) groups is 3. The van der Waals surface area contributed by atoms with Crippen molar-refractivity contribution >= 4 is 34.4 Å². The van der Waals surface area contributed by atoms with Crippen molar-refractivity contribution in [2.24, 2.45) is 17.3 Å². The second-order valence-electron chi connectivity index (χ2n) is 19.2. The lowest BCUT2D eigenvalue weighted by Crippen LogP contribution is -2.81. The zero-order chi connectivity index (χ0) is 42.6. The number of aliphatic hydroxyl groups is 1. The fourth-order valence-corrected chi connectivity index (χ4v) is 13.7. The number of hydrogen-bond donors (Lipinski definition) is 3. The van der Waals surface area contributed by atoms with Crippen LogP contribution < -0.4 is 15.0 Å². The Bertz CT molecular complexity index is 2370. The highest BCUT2D eigenvalue weighted by molar-refractivity contribution is 5.94. The Labute approximate surface area is 358 Å². The summed E-state index contributed by atoms with van der Waals surface area (Å²) in [5, 5.41) is 18.0. The van der Waals surface area contributed by atoms with Crippen molar-refractivity contribution in [3.8, 4) is 5.75 Å². The van der Waals surface area contributed by atoms with E-state index in [1.165, 1.54) is 19.6 Å². The predicted octanol–water partition coefficient (Wildman–Crippen LogP) is 5.15. The SMILES string of the molecule is CCC1=C[C@@H]2CN(CCc3c([nH]c4ccccc34)[C@@](C(=O)OC)(c3cc4c(cc3OC)N(C)[C@H]3C(O)(CNC(=O)C5CC5)[C@H](OC(C)=O)[C@]5(CC)C=CCN6CC[C@]43C65)C2)C1. The summed E-state index contributed by atoms with van der Waals surface area (Å²) in [7, 11) is 5.17. The van der Waals surface area contributed by atoms with E-state index < -0.39 is 40.0 Å². The van der Waals surface area contributed by atoms with E-state index in [9.17, 15) is 14.7 Å². The number of methoxy groups -OCH3 is 2. The molecule has 0 radical (unpaired) electrons. The second kappa shape index (κ2) is 14.5. The number of aromatic nitrogens is 1. The summed E-state index contributed by atoms with van der Waals surface area (Å²) in [5.74, 6) is -0.368. The maximum atomic E-state index is 15.4. The molecule has 324 valence electrons. The quantitative estimate of drug-likeness (QED) is 0.196. The van der Waals surface area contributed by atoms with Crippen LogP contribution in [0.15, 0.2) is 60.2 Å². The number of likely N-dealkylation sites (N-methyl/N-ethyl adjacent to an activating group) is 1. The number of ether oxygens (including phenoxy) is 3. The molecule has 61 heavy (non-hydrogen) atoms. The van der Waals surface area contributed by atoms with E-state index in [0.29, 0.717) is 25.0 Å². The summed E-state index contributed by atoms with van der Waals surface area (Å²) in [5.41, 5.74) is 2.43. The van der Waals surface area contributed by atoms with Crippen LogP contribution in [0.4, 0.5) is 5.69 Å². The Kier molecular flexibility index (Phi) is 9.58. The highest BCUT2D eigenvalue weighted by Crippen LogP contribution is 2.68. The first kappa shape index (κ1) is 40.4. The van der Waals surface area contributed by atoms with Crippen LogP contribution in [0.2, 0.25) is 0 Å². The molecule has 2 saturated carbocycles. The summed E-state index contributed by atoms with van der Waals surface area (Å²) in [4.78, 5) is 53.1. The molecule has 5 aliphatic heterocycles. The monoisotopic (exact) mass is 831 g/mol.